The van der Waals surface area contributed by atoms with Gasteiger partial charge in [0.2, 0.25) is 0 Å². The summed E-state index contributed by atoms with van der Waals surface area (Å²) < 4.78 is 4.83. The maximum Gasteiger partial charge on any atom is 0.339 e. The van der Waals surface area contributed by atoms with Crippen LogP contribution in [0.2, 0.25) is 0 Å². The summed E-state index contributed by atoms with van der Waals surface area (Å²) in [7, 11) is 1.28. The molecule has 0 bridgehead atoms. The number of aliphatic hydroxyl groups excluding tert-OH is 2. The molecule has 0 aromatic rings. The predicted molar refractivity (Wildman–Crippen MR) is 59.7 cm³/mol. The van der Waals surface area contributed by atoms with Gasteiger partial charge in [0, 0.05) is 20.1 Å². The maximum absolute atomic E-state index is 9.70. The van der Waals surface area contributed by atoms with Gasteiger partial charge in [0.05, 0.1) is 19.8 Å². The molecule has 1 atom stereocenters. The Bertz CT molecular complexity index is 124. The van der Waals surface area contributed by atoms with Crippen LogP contribution in [0.15, 0.2) is 0 Å². The van der Waals surface area contributed by atoms with E-state index in [0.29, 0.717) is 0 Å². The quantitative estimate of drug-likeness (QED) is 0.550. The minimum Gasteiger partial charge on any atom is -0.394 e. The topological polar surface area (TPSA) is 85.2 Å². The molecule has 1 unspecified atom stereocenters. The number of ether oxygens (including phenoxy) is 1. The molecule has 6 nitrogen and oxygen atoms in total. The highest BCUT2D eigenvalue weighted by Gasteiger charge is 1.84. The molecule has 0 radical (unpaired) electrons. The number of hydrogen-bond acceptors (Lipinski definition) is 6. The van der Waals surface area contributed by atoms with Crippen molar-refractivity contribution in [3.63, 3.8) is 0 Å². The molecule has 0 saturated carbocycles. The Morgan fingerprint density at radius 3 is 1.69 bits per heavy atom. The lowest BCUT2D eigenvalue weighted by atomic mass is 10.5. The van der Waals surface area contributed by atoms with Gasteiger partial charge in [0.25, 0.3) is 0 Å². The standard InChI is InChI=1S/C4H10O.C3H6O3.C3H8O2/c1-3-5-4-2;1-3(4)6-5-2;1-3(5)2-4/h3-4H2,1-2H3;1-2H3;3-5H,2H2,1H3. The van der Waals surface area contributed by atoms with E-state index in [0.717, 1.165) is 13.2 Å². The Hall–Kier alpha value is -0.690. The molecular weight excluding hydrogens is 216 g/mol. The third-order valence-electron chi connectivity index (χ3n) is 0.873. The van der Waals surface area contributed by atoms with Crippen LogP contribution >= 0.6 is 0 Å². The SMILES string of the molecule is CC(O)CO.CCOCC.COOC(C)=O. The smallest absolute Gasteiger partial charge is 0.339 e. The Balaban J connectivity index is -0.000000160. The van der Waals surface area contributed by atoms with Gasteiger partial charge in [0.1, 0.15) is 0 Å². The molecule has 100 valence electrons. The highest BCUT2D eigenvalue weighted by atomic mass is 17.2. The minimum atomic E-state index is -0.560. The zero-order chi connectivity index (χ0) is 13.4. The first-order chi connectivity index (χ1) is 7.45. The molecule has 2 N–H and O–H groups in total. The summed E-state index contributed by atoms with van der Waals surface area (Å²) in [4.78, 5) is 17.6. The molecule has 0 amide bonds. The van der Waals surface area contributed by atoms with Crippen molar-refractivity contribution >= 4 is 5.97 Å². The van der Waals surface area contributed by atoms with Crippen LogP contribution in [-0.4, -0.2) is 49.2 Å². The van der Waals surface area contributed by atoms with Gasteiger partial charge in [-0.25, -0.2) is 4.79 Å². The van der Waals surface area contributed by atoms with Crippen molar-refractivity contribution in [3.05, 3.63) is 0 Å². The number of hydrogen-bond donors (Lipinski definition) is 2. The van der Waals surface area contributed by atoms with Crippen LogP contribution in [0.3, 0.4) is 0 Å². The van der Waals surface area contributed by atoms with Crippen LogP contribution in [0.1, 0.15) is 27.7 Å². The second-order valence-corrected chi connectivity index (χ2v) is 2.55. The van der Waals surface area contributed by atoms with Crippen LogP contribution in [0.4, 0.5) is 0 Å². The monoisotopic (exact) mass is 240 g/mol. The van der Waals surface area contributed by atoms with E-state index in [1.807, 2.05) is 13.8 Å². The van der Waals surface area contributed by atoms with Crippen molar-refractivity contribution in [1.29, 1.82) is 0 Å². The second kappa shape index (κ2) is 19.8. The van der Waals surface area contributed by atoms with E-state index >= 15 is 0 Å². The van der Waals surface area contributed by atoms with Gasteiger partial charge in [-0.05, 0) is 20.8 Å². The Morgan fingerprint density at radius 2 is 1.69 bits per heavy atom. The summed E-state index contributed by atoms with van der Waals surface area (Å²) >= 11 is 0. The average molecular weight is 240 g/mol. The Kier molecular flexibility index (Phi) is 25.6. The van der Waals surface area contributed by atoms with Gasteiger partial charge in [-0.15, -0.1) is 0 Å². The van der Waals surface area contributed by atoms with Gasteiger partial charge in [-0.1, -0.05) is 0 Å². The van der Waals surface area contributed by atoms with E-state index in [4.69, 9.17) is 14.9 Å². The van der Waals surface area contributed by atoms with Crippen LogP contribution in [0.5, 0.6) is 0 Å². The molecule has 0 aliphatic carbocycles. The fourth-order valence-electron chi connectivity index (χ4n) is 0.321. The fourth-order valence-corrected chi connectivity index (χ4v) is 0.321. The van der Waals surface area contributed by atoms with Gasteiger partial charge < -0.3 is 14.9 Å². The van der Waals surface area contributed by atoms with Crippen molar-refractivity contribution in [1.82, 2.24) is 0 Å². The third kappa shape index (κ3) is 50.7. The highest BCUT2D eigenvalue weighted by molar-refractivity contribution is 5.65. The van der Waals surface area contributed by atoms with Gasteiger partial charge in [0.15, 0.2) is 0 Å². The summed E-state index contributed by atoms with van der Waals surface area (Å²) in [6.07, 6.45) is -0.560. The molecule has 6 heteroatoms. The molecule has 0 spiro atoms. The predicted octanol–water partition coefficient (Wildman–Crippen LogP) is 0.513. The fraction of sp³-hybridized carbons (Fsp3) is 0.900. The van der Waals surface area contributed by atoms with E-state index < -0.39 is 12.1 Å². The largest absolute Gasteiger partial charge is 0.394 e. The number of carbonyl (C=O) groups excluding carboxylic acids is 1. The summed E-state index contributed by atoms with van der Waals surface area (Å²) in [6, 6.07) is 0. The molecule has 0 aromatic heterocycles. The summed E-state index contributed by atoms with van der Waals surface area (Å²) in [5.41, 5.74) is 0. The first kappa shape index (κ1) is 20.7. The molecule has 0 aliphatic heterocycles. The average Bonchev–Trinajstić information content (AvgIpc) is 2.20. The van der Waals surface area contributed by atoms with Crippen LogP contribution in [0, 0.1) is 0 Å². The molecule has 0 aromatic carbocycles. The summed E-state index contributed by atoms with van der Waals surface area (Å²) in [5.74, 6) is -0.433. The molecule has 0 heterocycles. The minimum absolute atomic E-state index is 0.139. The lowest BCUT2D eigenvalue weighted by Gasteiger charge is -1.90. The van der Waals surface area contributed by atoms with Crippen molar-refractivity contribution in [3.8, 4) is 0 Å². The molecule has 0 fully saturated rings. The van der Waals surface area contributed by atoms with Crippen molar-refractivity contribution in [2.45, 2.75) is 33.8 Å². The zero-order valence-corrected chi connectivity index (χ0v) is 10.7. The van der Waals surface area contributed by atoms with Crippen LogP contribution in [-0.2, 0) is 19.3 Å². The van der Waals surface area contributed by atoms with E-state index in [1.54, 1.807) is 0 Å². The molecule has 0 saturated heterocycles. The van der Waals surface area contributed by atoms with Gasteiger partial charge in [-0.3, -0.25) is 4.89 Å². The second-order valence-electron chi connectivity index (χ2n) is 2.55. The first-order valence-corrected chi connectivity index (χ1v) is 5.03. The maximum atomic E-state index is 9.70. The summed E-state index contributed by atoms with van der Waals surface area (Å²) in [6.45, 7) is 8.32. The van der Waals surface area contributed by atoms with E-state index in [1.165, 1.54) is 21.0 Å². The van der Waals surface area contributed by atoms with Crippen molar-refractivity contribution in [2.24, 2.45) is 0 Å². The van der Waals surface area contributed by atoms with Gasteiger partial charge in [-0.2, -0.15) is 4.89 Å². The lowest BCUT2D eigenvalue weighted by molar-refractivity contribution is -0.252. The number of carbonyl (C=O) groups is 1. The van der Waals surface area contributed by atoms with E-state index in [9.17, 15) is 4.79 Å². The van der Waals surface area contributed by atoms with Gasteiger partial charge >= 0.3 is 5.97 Å². The molecular formula is C10H24O6. The Labute approximate surface area is 97.1 Å². The van der Waals surface area contributed by atoms with E-state index in [-0.39, 0.29) is 6.61 Å². The molecule has 0 rings (SSSR count). The van der Waals surface area contributed by atoms with Crippen molar-refractivity contribution in [2.75, 3.05) is 26.9 Å². The highest BCUT2D eigenvalue weighted by Crippen LogP contribution is 1.70. The summed E-state index contributed by atoms with van der Waals surface area (Å²) in [5, 5.41) is 16.0. The van der Waals surface area contributed by atoms with E-state index in [2.05, 4.69) is 9.78 Å². The van der Waals surface area contributed by atoms with Crippen molar-refractivity contribution < 1.29 is 29.5 Å². The number of aliphatic hydroxyl groups is 2. The zero-order valence-electron chi connectivity index (χ0n) is 10.7. The van der Waals surface area contributed by atoms with Crippen LogP contribution in [0.25, 0.3) is 0 Å². The first-order valence-electron chi connectivity index (χ1n) is 5.03. The molecule has 16 heavy (non-hydrogen) atoms. The van der Waals surface area contributed by atoms with Crippen LogP contribution < -0.4 is 0 Å². The lowest BCUT2D eigenvalue weighted by Crippen LogP contribution is -2.03. The normalized spacial score (nSPS) is 10.2. The molecule has 0 aliphatic rings. The Morgan fingerprint density at radius 1 is 1.31 bits per heavy atom. The number of rotatable bonds is 4. The third-order valence-corrected chi connectivity index (χ3v) is 0.873.